The average molecular weight is 249 g/mol. The van der Waals surface area contributed by atoms with Gasteiger partial charge in [0, 0.05) is 25.4 Å². The standard InChI is InChI=1S/C13H16FN3O/c1-10-7-16-17(9-10)3-2-15-8-11-4-12(14)6-13(18)5-11/h4-7,9,15,18H,2-3,8H2,1H3. The van der Waals surface area contributed by atoms with Crippen LogP contribution in [0.15, 0.2) is 30.6 Å². The molecule has 0 spiro atoms. The number of hydrogen-bond donors (Lipinski definition) is 2. The van der Waals surface area contributed by atoms with E-state index in [-0.39, 0.29) is 5.75 Å². The van der Waals surface area contributed by atoms with Gasteiger partial charge in [-0.2, -0.15) is 5.10 Å². The van der Waals surface area contributed by atoms with Crippen LogP contribution >= 0.6 is 0 Å². The highest BCUT2D eigenvalue weighted by molar-refractivity contribution is 5.28. The first kappa shape index (κ1) is 12.6. The summed E-state index contributed by atoms with van der Waals surface area (Å²) in [6, 6.07) is 4.05. The third-order valence-electron chi connectivity index (χ3n) is 2.55. The van der Waals surface area contributed by atoms with Crippen molar-refractivity contribution in [1.29, 1.82) is 0 Å². The highest BCUT2D eigenvalue weighted by atomic mass is 19.1. The third kappa shape index (κ3) is 3.56. The highest BCUT2D eigenvalue weighted by Crippen LogP contribution is 2.14. The van der Waals surface area contributed by atoms with Crippen molar-refractivity contribution in [3.8, 4) is 5.75 Å². The van der Waals surface area contributed by atoms with Crippen molar-refractivity contribution in [2.75, 3.05) is 6.54 Å². The van der Waals surface area contributed by atoms with Crippen molar-refractivity contribution in [1.82, 2.24) is 15.1 Å². The summed E-state index contributed by atoms with van der Waals surface area (Å²) in [5, 5.41) is 16.6. The SMILES string of the molecule is Cc1cnn(CCNCc2cc(O)cc(F)c2)c1. The molecule has 0 saturated heterocycles. The van der Waals surface area contributed by atoms with Crippen LogP contribution in [0.5, 0.6) is 5.75 Å². The molecule has 2 N–H and O–H groups in total. The molecular formula is C13H16FN3O. The van der Waals surface area contributed by atoms with E-state index in [2.05, 4.69) is 10.4 Å². The molecule has 0 aliphatic heterocycles. The summed E-state index contributed by atoms with van der Waals surface area (Å²) in [5.41, 5.74) is 1.86. The summed E-state index contributed by atoms with van der Waals surface area (Å²) in [6.45, 7) is 4.01. The van der Waals surface area contributed by atoms with Gasteiger partial charge in [-0.1, -0.05) is 0 Å². The van der Waals surface area contributed by atoms with E-state index in [0.29, 0.717) is 6.54 Å². The maximum absolute atomic E-state index is 13.0. The fraction of sp³-hybridized carbons (Fsp3) is 0.308. The fourth-order valence-corrected chi connectivity index (χ4v) is 1.75. The van der Waals surface area contributed by atoms with Crippen LogP contribution in [0.25, 0.3) is 0 Å². The molecule has 1 aromatic heterocycles. The molecule has 0 atom stereocenters. The lowest BCUT2D eigenvalue weighted by molar-refractivity contribution is 0.467. The Morgan fingerprint density at radius 3 is 2.89 bits per heavy atom. The Kier molecular flexibility index (Phi) is 3.94. The summed E-state index contributed by atoms with van der Waals surface area (Å²) in [4.78, 5) is 0. The number of aryl methyl sites for hydroxylation is 1. The molecule has 0 aliphatic rings. The van der Waals surface area contributed by atoms with E-state index < -0.39 is 5.82 Å². The van der Waals surface area contributed by atoms with E-state index in [1.165, 1.54) is 6.07 Å². The Balaban J connectivity index is 1.78. The Bertz CT molecular complexity index is 504. The average Bonchev–Trinajstić information content (AvgIpc) is 2.69. The van der Waals surface area contributed by atoms with Gasteiger partial charge in [0.1, 0.15) is 11.6 Å². The molecule has 96 valence electrons. The van der Waals surface area contributed by atoms with Crippen LogP contribution in [-0.2, 0) is 13.1 Å². The fourth-order valence-electron chi connectivity index (χ4n) is 1.75. The lowest BCUT2D eigenvalue weighted by atomic mass is 10.2. The Morgan fingerprint density at radius 2 is 2.22 bits per heavy atom. The lowest BCUT2D eigenvalue weighted by Gasteiger charge is -2.06. The number of benzene rings is 1. The van der Waals surface area contributed by atoms with Crippen molar-refractivity contribution >= 4 is 0 Å². The number of halogens is 1. The number of aromatic nitrogens is 2. The number of nitrogens with zero attached hydrogens (tertiary/aromatic N) is 2. The van der Waals surface area contributed by atoms with E-state index >= 15 is 0 Å². The van der Waals surface area contributed by atoms with Crippen molar-refractivity contribution in [2.45, 2.75) is 20.0 Å². The molecule has 0 unspecified atom stereocenters. The van der Waals surface area contributed by atoms with Crippen molar-refractivity contribution < 1.29 is 9.50 Å². The molecule has 0 fully saturated rings. The minimum absolute atomic E-state index is 0.0468. The molecule has 1 heterocycles. The minimum atomic E-state index is -0.422. The second kappa shape index (κ2) is 5.64. The van der Waals surface area contributed by atoms with E-state index in [4.69, 9.17) is 0 Å². The molecule has 1 aromatic carbocycles. The van der Waals surface area contributed by atoms with Crippen LogP contribution in [0.1, 0.15) is 11.1 Å². The van der Waals surface area contributed by atoms with Gasteiger partial charge in [0.2, 0.25) is 0 Å². The first-order chi connectivity index (χ1) is 8.63. The molecule has 2 aromatic rings. The number of nitrogens with one attached hydrogen (secondary N) is 1. The van der Waals surface area contributed by atoms with Crippen LogP contribution < -0.4 is 5.32 Å². The van der Waals surface area contributed by atoms with Gasteiger partial charge in [0.05, 0.1) is 12.7 Å². The van der Waals surface area contributed by atoms with Gasteiger partial charge in [0.15, 0.2) is 0 Å². The molecule has 0 saturated carbocycles. The van der Waals surface area contributed by atoms with Crippen LogP contribution in [0.4, 0.5) is 4.39 Å². The normalized spacial score (nSPS) is 10.8. The molecule has 4 nitrogen and oxygen atoms in total. The summed E-state index contributed by atoms with van der Waals surface area (Å²) < 4.78 is 14.9. The van der Waals surface area contributed by atoms with Crippen LogP contribution in [0.3, 0.4) is 0 Å². The van der Waals surface area contributed by atoms with Crippen molar-refractivity contribution in [2.24, 2.45) is 0 Å². The van der Waals surface area contributed by atoms with Crippen LogP contribution in [0, 0.1) is 12.7 Å². The molecule has 0 radical (unpaired) electrons. The van der Waals surface area contributed by atoms with Crippen LogP contribution in [-0.4, -0.2) is 21.4 Å². The van der Waals surface area contributed by atoms with Gasteiger partial charge in [-0.25, -0.2) is 4.39 Å². The Hall–Kier alpha value is -1.88. The largest absolute Gasteiger partial charge is 0.508 e. The van der Waals surface area contributed by atoms with Gasteiger partial charge in [-0.05, 0) is 30.2 Å². The zero-order valence-corrected chi connectivity index (χ0v) is 10.2. The van der Waals surface area contributed by atoms with Crippen LogP contribution in [0.2, 0.25) is 0 Å². The first-order valence-electron chi connectivity index (χ1n) is 5.82. The predicted molar refractivity (Wildman–Crippen MR) is 66.7 cm³/mol. The minimum Gasteiger partial charge on any atom is -0.508 e. The summed E-state index contributed by atoms with van der Waals surface area (Å²) >= 11 is 0. The lowest BCUT2D eigenvalue weighted by Crippen LogP contribution is -2.19. The number of phenolic OH excluding ortho intramolecular Hbond substituents is 1. The zero-order valence-electron chi connectivity index (χ0n) is 10.2. The van der Waals surface area contributed by atoms with E-state index in [1.807, 2.05) is 24.0 Å². The molecule has 0 amide bonds. The second-order valence-electron chi connectivity index (χ2n) is 4.28. The maximum atomic E-state index is 13.0. The van der Waals surface area contributed by atoms with Gasteiger partial charge >= 0.3 is 0 Å². The maximum Gasteiger partial charge on any atom is 0.127 e. The first-order valence-corrected chi connectivity index (χ1v) is 5.82. The number of phenols is 1. The monoisotopic (exact) mass is 249 g/mol. The molecule has 18 heavy (non-hydrogen) atoms. The Labute approximate surface area is 105 Å². The number of hydrogen-bond acceptors (Lipinski definition) is 3. The van der Waals surface area contributed by atoms with E-state index in [9.17, 15) is 9.50 Å². The molecular weight excluding hydrogens is 233 g/mol. The quantitative estimate of drug-likeness (QED) is 0.795. The molecule has 2 rings (SSSR count). The van der Waals surface area contributed by atoms with Gasteiger partial charge in [-0.3, -0.25) is 4.68 Å². The van der Waals surface area contributed by atoms with Gasteiger partial charge < -0.3 is 10.4 Å². The summed E-state index contributed by atoms with van der Waals surface area (Å²) in [6.07, 6.45) is 3.78. The second-order valence-corrected chi connectivity index (χ2v) is 4.28. The number of rotatable bonds is 5. The molecule has 5 heteroatoms. The molecule has 0 aliphatic carbocycles. The summed E-state index contributed by atoms with van der Waals surface area (Å²) in [5.74, 6) is -0.469. The Morgan fingerprint density at radius 1 is 1.39 bits per heavy atom. The summed E-state index contributed by atoms with van der Waals surface area (Å²) in [7, 11) is 0. The van der Waals surface area contributed by atoms with Gasteiger partial charge in [-0.15, -0.1) is 0 Å². The molecule has 0 bridgehead atoms. The van der Waals surface area contributed by atoms with E-state index in [0.717, 1.165) is 30.3 Å². The predicted octanol–water partition coefficient (Wildman–Crippen LogP) is 1.83. The van der Waals surface area contributed by atoms with E-state index in [1.54, 1.807) is 6.07 Å². The van der Waals surface area contributed by atoms with Gasteiger partial charge in [0.25, 0.3) is 0 Å². The smallest absolute Gasteiger partial charge is 0.127 e. The third-order valence-corrected chi connectivity index (χ3v) is 2.55. The topological polar surface area (TPSA) is 50.1 Å². The van der Waals surface area contributed by atoms with Crippen molar-refractivity contribution in [3.05, 3.63) is 47.5 Å². The highest BCUT2D eigenvalue weighted by Gasteiger charge is 1.99. The van der Waals surface area contributed by atoms with Crippen molar-refractivity contribution in [3.63, 3.8) is 0 Å². The zero-order chi connectivity index (χ0) is 13.0. The number of aromatic hydroxyl groups is 1.